The quantitative estimate of drug-likeness (QED) is 0.176. The summed E-state index contributed by atoms with van der Waals surface area (Å²) >= 11 is 6.43. The Balaban J connectivity index is 1.87. The molecule has 0 aliphatic heterocycles. The van der Waals surface area contributed by atoms with Crippen molar-refractivity contribution in [2.45, 2.75) is 6.92 Å². The Kier molecular flexibility index (Phi) is 11.5. The van der Waals surface area contributed by atoms with E-state index in [-0.39, 0.29) is 18.2 Å². The van der Waals surface area contributed by atoms with Gasteiger partial charge in [-0.2, -0.15) is 0 Å². The first-order valence-electron chi connectivity index (χ1n) is 12.7. The Morgan fingerprint density at radius 3 is 2.62 bits per heavy atom. The summed E-state index contributed by atoms with van der Waals surface area (Å²) in [5.41, 5.74) is 2.34. The maximum Gasteiger partial charge on any atom is 0.248 e. The van der Waals surface area contributed by atoms with Gasteiger partial charge in [0.25, 0.3) is 0 Å². The first kappa shape index (κ1) is 31.1. The molecule has 0 fully saturated rings. The van der Waals surface area contributed by atoms with Crippen LogP contribution in [-0.4, -0.2) is 88.2 Å². The minimum absolute atomic E-state index is 0.00208. The van der Waals surface area contributed by atoms with Gasteiger partial charge >= 0.3 is 0 Å². The highest BCUT2D eigenvalue weighted by Gasteiger charge is 2.14. The molecule has 0 saturated heterocycles. The molecule has 0 unspecified atom stereocenters. The molecular formula is C27H35ClN6O5S. The van der Waals surface area contributed by atoms with Gasteiger partial charge in [-0.25, -0.2) is 18.4 Å². The van der Waals surface area contributed by atoms with Crippen LogP contribution in [0, 0.1) is 0 Å². The van der Waals surface area contributed by atoms with Crippen LogP contribution in [-0.2, 0) is 19.4 Å². The summed E-state index contributed by atoms with van der Waals surface area (Å²) in [4.78, 5) is 23.4. The Morgan fingerprint density at radius 1 is 1.12 bits per heavy atom. The number of carbonyl (C=O) groups is 1. The predicted octanol–water partition coefficient (Wildman–Crippen LogP) is 3.95. The lowest BCUT2D eigenvalue weighted by Gasteiger charge is -2.15. The van der Waals surface area contributed by atoms with Crippen LogP contribution in [0.4, 0.5) is 22.9 Å². The molecule has 0 spiro atoms. The van der Waals surface area contributed by atoms with Crippen molar-refractivity contribution in [2.24, 2.45) is 0 Å². The number of hydrogen-bond acceptors (Lipinski definition) is 10. The molecule has 0 atom stereocenters. The van der Waals surface area contributed by atoms with Crippen LogP contribution in [0.5, 0.6) is 5.75 Å². The second-order valence-electron chi connectivity index (χ2n) is 9.16. The normalized spacial score (nSPS) is 11.8. The number of hydrogen-bond donors (Lipinski definition) is 3. The predicted molar refractivity (Wildman–Crippen MR) is 161 cm³/mol. The highest BCUT2D eigenvalue weighted by molar-refractivity contribution is 7.90. The lowest BCUT2D eigenvalue weighted by atomic mass is 10.1. The lowest BCUT2D eigenvalue weighted by Crippen LogP contribution is -2.14. The summed E-state index contributed by atoms with van der Waals surface area (Å²) < 4.78 is 34.1. The fraction of sp³-hybridized carbons (Fsp3) is 0.370. The molecule has 216 valence electrons. The number of aromatic nitrogens is 2. The van der Waals surface area contributed by atoms with Crippen LogP contribution in [0.3, 0.4) is 0 Å². The van der Waals surface area contributed by atoms with Gasteiger partial charge in [0, 0.05) is 49.2 Å². The summed E-state index contributed by atoms with van der Waals surface area (Å²) in [6.45, 7) is 4.06. The molecule has 0 aliphatic carbocycles. The fourth-order valence-electron chi connectivity index (χ4n) is 3.54. The second-order valence-corrected chi connectivity index (χ2v) is 11.8. The van der Waals surface area contributed by atoms with E-state index in [2.05, 4.69) is 25.9 Å². The molecule has 0 bridgehead atoms. The molecule has 2 aromatic carbocycles. The van der Waals surface area contributed by atoms with Crippen LogP contribution in [0.2, 0.25) is 5.02 Å². The monoisotopic (exact) mass is 590 g/mol. The first-order chi connectivity index (χ1) is 19.1. The number of likely N-dealkylation sites (N-methyl/N-ethyl adjacent to an activating group) is 1. The number of nitrogens with one attached hydrogen (secondary N) is 3. The van der Waals surface area contributed by atoms with Gasteiger partial charge in [0.1, 0.15) is 34.3 Å². The summed E-state index contributed by atoms with van der Waals surface area (Å²) in [7, 11) is 0.748. The molecule has 13 heteroatoms. The molecule has 3 rings (SSSR count). The largest absolute Gasteiger partial charge is 0.489 e. The zero-order valence-corrected chi connectivity index (χ0v) is 24.6. The van der Waals surface area contributed by atoms with Crippen molar-refractivity contribution in [2.75, 3.05) is 75.0 Å². The third kappa shape index (κ3) is 9.94. The zero-order valence-electron chi connectivity index (χ0n) is 23.0. The minimum atomic E-state index is -3.09. The SMILES string of the molecule is CCOCCOc1cc2ncnc(Nc3ccc(NCCS(C)(=O)=O)c(Cl)c3)c2cc1NC(=O)/C=C/CN(C)C. The number of halogens is 1. The van der Waals surface area contributed by atoms with Crippen molar-refractivity contribution in [1.82, 2.24) is 14.9 Å². The van der Waals surface area contributed by atoms with Crippen molar-refractivity contribution < 1.29 is 22.7 Å². The number of amides is 1. The number of rotatable bonds is 15. The van der Waals surface area contributed by atoms with Gasteiger partial charge in [0.05, 0.1) is 34.3 Å². The van der Waals surface area contributed by atoms with E-state index in [4.69, 9.17) is 21.1 Å². The number of anilines is 4. The number of sulfone groups is 1. The summed E-state index contributed by atoms with van der Waals surface area (Å²) in [6, 6.07) is 8.77. The zero-order chi connectivity index (χ0) is 29.1. The third-order valence-electron chi connectivity index (χ3n) is 5.44. The van der Waals surface area contributed by atoms with Crippen molar-refractivity contribution in [3.63, 3.8) is 0 Å². The molecule has 0 radical (unpaired) electrons. The van der Waals surface area contributed by atoms with E-state index in [1.807, 2.05) is 25.9 Å². The van der Waals surface area contributed by atoms with E-state index >= 15 is 0 Å². The van der Waals surface area contributed by atoms with E-state index in [9.17, 15) is 13.2 Å². The number of benzene rings is 2. The molecule has 1 aromatic heterocycles. The van der Waals surface area contributed by atoms with E-state index in [0.717, 1.165) is 0 Å². The molecule has 40 heavy (non-hydrogen) atoms. The molecular weight excluding hydrogens is 556 g/mol. The van der Waals surface area contributed by atoms with Gasteiger partial charge in [-0.3, -0.25) is 4.79 Å². The van der Waals surface area contributed by atoms with Gasteiger partial charge in [0.2, 0.25) is 5.91 Å². The van der Waals surface area contributed by atoms with Crippen molar-refractivity contribution in [3.05, 3.63) is 53.8 Å². The van der Waals surface area contributed by atoms with Gasteiger partial charge in [-0.15, -0.1) is 0 Å². The minimum Gasteiger partial charge on any atom is -0.489 e. The van der Waals surface area contributed by atoms with Crippen LogP contribution >= 0.6 is 11.6 Å². The lowest BCUT2D eigenvalue weighted by molar-refractivity contribution is -0.111. The van der Waals surface area contributed by atoms with Crippen LogP contribution < -0.4 is 20.7 Å². The van der Waals surface area contributed by atoms with E-state index < -0.39 is 9.84 Å². The second kappa shape index (κ2) is 14.8. The highest BCUT2D eigenvalue weighted by Crippen LogP contribution is 2.34. The average molecular weight is 591 g/mol. The molecule has 0 saturated carbocycles. The van der Waals surface area contributed by atoms with E-state index in [1.54, 1.807) is 36.4 Å². The highest BCUT2D eigenvalue weighted by atomic mass is 35.5. The van der Waals surface area contributed by atoms with Crippen LogP contribution in [0.15, 0.2) is 48.8 Å². The maximum atomic E-state index is 12.6. The Morgan fingerprint density at radius 2 is 1.93 bits per heavy atom. The fourth-order valence-corrected chi connectivity index (χ4v) is 4.26. The van der Waals surface area contributed by atoms with Crippen molar-refractivity contribution in [1.29, 1.82) is 0 Å². The van der Waals surface area contributed by atoms with Crippen LogP contribution in [0.1, 0.15) is 6.92 Å². The molecule has 3 aromatic rings. The number of nitrogens with zero attached hydrogens (tertiary/aromatic N) is 3. The van der Waals surface area contributed by atoms with Gasteiger partial charge < -0.3 is 30.3 Å². The van der Waals surface area contributed by atoms with Crippen LogP contribution in [0.25, 0.3) is 10.9 Å². The average Bonchev–Trinajstić information content (AvgIpc) is 2.87. The van der Waals surface area contributed by atoms with E-state index in [0.29, 0.717) is 70.9 Å². The number of ether oxygens (including phenoxy) is 2. The molecule has 0 aliphatic rings. The molecule has 1 heterocycles. The third-order valence-corrected chi connectivity index (χ3v) is 6.70. The van der Waals surface area contributed by atoms with Gasteiger partial charge in [0.15, 0.2) is 0 Å². The maximum absolute atomic E-state index is 12.6. The Hall–Kier alpha value is -3.45. The van der Waals surface area contributed by atoms with Crippen molar-refractivity contribution >= 4 is 61.1 Å². The van der Waals surface area contributed by atoms with Gasteiger partial charge in [-0.05, 0) is 45.3 Å². The topological polar surface area (TPSA) is 135 Å². The smallest absolute Gasteiger partial charge is 0.248 e. The summed E-state index contributed by atoms with van der Waals surface area (Å²) in [5, 5.41) is 10.2. The van der Waals surface area contributed by atoms with Crippen molar-refractivity contribution in [3.8, 4) is 5.75 Å². The van der Waals surface area contributed by atoms with E-state index in [1.165, 1.54) is 18.7 Å². The molecule has 1 amide bonds. The Bertz CT molecular complexity index is 1450. The number of fused-ring (bicyclic) bond motifs is 1. The first-order valence-corrected chi connectivity index (χ1v) is 15.1. The molecule has 11 nitrogen and oxygen atoms in total. The van der Waals surface area contributed by atoms with Gasteiger partial charge in [-0.1, -0.05) is 17.7 Å². The summed E-state index contributed by atoms with van der Waals surface area (Å²) in [5.74, 6) is 0.655. The standard InChI is InChI=1S/C27H35ClN6O5S/c1-5-38-12-13-39-25-17-23-20(16-24(25)33-26(35)7-6-11-34(2)3)27(31-18-30-23)32-19-8-9-22(21(28)15-19)29-10-14-40(4,36)37/h6-9,15-18,29H,5,10-14H2,1-4H3,(H,33,35)(H,30,31,32)/b7-6+. The summed E-state index contributed by atoms with van der Waals surface area (Å²) in [6.07, 6.45) is 5.86. The Labute approximate surface area is 239 Å². The number of carbonyl (C=O) groups excluding carboxylic acids is 1. The molecule has 3 N–H and O–H groups in total.